The molecule has 0 saturated carbocycles. The molecule has 0 atom stereocenters. The zero-order chi connectivity index (χ0) is 15.9. The third-order valence-corrected chi connectivity index (χ3v) is 3.84. The van der Waals surface area contributed by atoms with Gasteiger partial charge in [0.1, 0.15) is 0 Å². The van der Waals surface area contributed by atoms with Crippen LogP contribution in [0.3, 0.4) is 0 Å². The third kappa shape index (κ3) is 4.63. The molecule has 0 radical (unpaired) electrons. The predicted octanol–water partition coefficient (Wildman–Crippen LogP) is 2.85. The van der Waals surface area contributed by atoms with Crippen molar-refractivity contribution in [3.05, 3.63) is 29.8 Å². The molecule has 1 aromatic carbocycles. The molecule has 0 bridgehead atoms. The second-order valence-electron chi connectivity index (χ2n) is 6.19. The van der Waals surface area contributed by atoms with Crippen LogP contribution in [0.1, 0.15) is 32.3 Å². The van der Waals surface area contributed by atoms with Gasteiger partial charge >= 0.3 is 6.09 Å². The van der Waals surface area contributed by atoms with Gasteiger partial charge in [-0.1, -0.05) is 32.0 Å². The molecular weight excluding hydrogens is 280 g/mol. The molecule has 0 spiro atoms. The second kappa shape index (κ2) is 8.03. The van der Waals surface area contributed by atoms with E-state index in [0.717, 1.165) is 24.1 Å². The minimum Gasteiger partial charge on any atom is -0.449 e. The number of hydrogen-bond acceptors (Lipinski definition) is 4. The number of amides is 1. The number of aliphatic hydroxyl groups excluding tert-OH is 1. The fraction of sp³-hybridized carbons (Fsp3) is 0.588. The molecule has 1 aliphatic heterocycles. The van der Waals surface area contributed by atoms with Gasteiger partial charge in [-0.25, -0.2) is 4.79 Å². The van der Waals surface area contributed by atoms with Crippen molar-refractivity contribution in [1.82, 2.24) is 4.90 Å². The number of hydrogen-bond donors (Lipinski definition) is 2. The Labute approximate surface area is 132 Å². The number of carbonyl (C=O) groups is 1. The Hall–Kier alpha value is -1.75. The van der Waals surface area contributed by atoms with Crippen LogP contribution in [0.4, 0.5) is 10.5 Å². The number of rotatable bonds is 5. The van der Waals surface area contributed by atoms with Crippen molar-refractivity contribution in [2.75, 3.05) is 25.0 Å². The van der Waals surface area contributed by atoms with E-state index in [0.29, 0.717) is 31.7 Å². The number of benzene rings is 1. The molecule has 122 valence electrons. The van der Waals surface area contributed by atoms with Crippen molar-refractivity contribution in [2.45, 2.75) is 39.3 Å². The first-order valence-corrected chi connectivity index (χ1v) is 7.97. The van der Waals surface area contributed by atoms with Gasteiger partial charge in [0.2, 0.25) is 0 Å². The zero-order valence-electron chi connectivity index (χ0n) is 13.4. The summed E-state index contributed by atoms with van der Waals surface area (Å²) < 4.78 is 5.27. The highest BCUT2D eigenvalue weighted by molar-refractivity contribution is 5.67. The van der Waals surface area contributed by atoms with E-state index in [9.17, 15) is 9.90 Å². The van der Waals surface area contributed by atoms with Crippen LogP contribution in [0.2, 0.25) is 0 Å². The lowest BCUT2D eigenvalue weighted by Crippen LogP contribution is -2.43. The Kier molecular flexibility index (Phi) is 6.07. The number of para-hydroxylation sites is 1. The number of ether oxygens (including phenoxy) is 1. The maximum atomic E-state index is 11.9. The summed E-state index contributed by atoms with van der Waals surface area (Å²) in [5.41, 5.74) is 1.88. The Morgan fingerprint density at radius 3 is 2.68 bits per heavy atom. The molecule has 2 rings (SSSR count). The Morgan fingerprint density at radius 2 is 2.05 bits per heavy atom. The third-order valence-electron chi connectivity index (χ3n) is 3.84. The number of carbonyl (C=O) groups excluding carboxylic acids is 1. The standard InChI is InChI=1S/C17H26N2O3/c1-13(2)12-22-17(21)19-9-7-15(8-10-19)18-16-6-4-3-5-14(16)11-20/h3-6,13,15,18,20H,7-12H2,1-2H3. The normalized spacial score (nSPS) is 15.9. The van der Waals surface area contributed by atoms with Crippen molar-refractivity contribution in [2.24, 2.45) is 5.92 Å². The second-order valence-corrected chi connectivity index (χ2v) is 6.19. The number of nitrogens with zero attached hydrogens (tertiary/aromatic N) is 1. The molecule has 5 heteroatoms. The van der Waals surface area contributed by atoms with Crippen molar-refractivity contribution in [3.63, 3.8) is 0 Å². The summed E-state index contributed by atoms with van der Waals surface area (Å²) >= 11 is 0. The van der Waals surface area contributed by atoms with Crippen LogP contribution in [-0.4, -0.2) is 41.8 Å². The summed E-state index contributed by atoms with van der Waals surface area (Å²) in [6.45, 7) is 5.97. The smallest absolute Gasteiger partial charge is 0.409 e. The fourth-order valence-corrected chi connectivity index (χ4v) is 2.55. The molecule has 1 aromatic rings. The van der Waals surface area contributed by atoms with Gasteiger partial charge in [-0.05, 0) is 24.8 Å². The van der Waals surface area contributed by atoms with E-state index in [4.69, 9.17) is 4.74 Å². The first kappa shape index (κ1) is 16.6. The zero-order valence-corrected chi connectivity index (χ0v) is 13.4. The predicted molar refractivity (Wildman–Crippen MR) is 86.8 cm³/mol. The minimum atomic E-state index is -0.206. The van der Waals surface area contributed by atoms with Crippen molar-refractivity contribution in [3.8, 4) is 0 Å². The Bertz CT molecular complexity index is 483. The molecule has 1 heterocycles. The summed E-state index contributed by atoms with van der Waals surface area (Å²) in [4.78, 5) is 13.7. The van der Waals surface area contributed by atoms with E-state index in [-0.39, 0.29) is 12.7 Å². The van der Waals surface area contributed by atoms with Crippen LogP contribution in [0, 0.1) is 5.92 Å². The van der Waals surface area contributed by atoms with Gasteiger partial charge in [0.05, 0.1) is 13.2 Å². The van der Waals surface area contributed by atoms with Gasteiger partial charge in [-0.2, -0.15) is 0 Å². The first-order valence-electron chi connectivity index (χ1n) is 7.97. The molecule has 0 aliphatic carbocycles. The number of piperidine rings is 1. The van der Waals surface area contributed by atoms with Crippen LogP contribution >= 0.6 is 0 Å². The van der Waals surface area contributed by atoms with Crippen LogP contribution in [0.5, 0.6) is 0 Å². The number of anilines is 1. The molecule has 2 N–H and O–H groups in total. The molecule has 22 heavy (non-hydrogen) atoms. The van der Waals surface area contributed by atoms with E-state index in [1.807, 2.05) is 38.1 Å². The van der Waals surface area contributed by atoms with E-state index in [1.165, 1.54) is 0 Å². The highest BCUT2D eigenvalue weighted by Crippen LogP contribution is 2.20. The fourth-order valence-electron chi connectivity index (χ4n) is 2.55. The highest BCUT2D eigenvalue weighted by atomic mass is 16.6. The summed E-state index contributed by atoms with van der Waals surface area (Å²) in [6.07, 6.45) is 1.57. The topological polar surface area (TPSA) is 61.8 Å². The molecular formula is C17H26N2O3. The summed E-state index contributed by atoms with van der Waals surface area (Å²) in [6, 6.07) is 8.10. The average Bonchev–Trinajstić information content (AvgIpc) is 2.54. The molecule has 1 saturated heterocycles. The maximum absolute atomic E-state index is 11.9. The molecule has 0 unspecified atom stereocenters. The number of aliphatic hydroxyl groups is 1. The van der Waals surface area contributed by atoms with E-state index in [1.54, 1.807) is 4.90 Å². The van der Waals surface area contributed by atoms with Crippen LogP contribution in [0.15, 0.2) is 24.3 Å². The number of likely N-dealkylation sites (tertiary alicyclic amines) is 1. The number of nitrogens with one attached hydrogen (secondary N) is 1. The van der Waals surface area contributed by atoms with Crippen molar-refractivity contribution >= 4 is 11.8 Å². The van der Waals surface area contributed by atoms with E-state index >= 15 is 0 Å². The summed E-state index contributed by atoms with van der Waals surface area (Å²) in [5.74, 6) is 0.359. The van der Waals surface area contributed by atoms with Gasteiger partial charge in [0, 0.05) is 30.4 Å². The van der Waals surface area contributed by atoms with Crippen molar-refractivity contribution < 1.29 is 14.6 Å². The minimum absolute atomic E-state index is 0.0313. The highest BCUT2D eigenvalue weighted by Gasteiger charge is 2.24. The SMILES string of the molecule is CC(C)COC(=O)N1CCC(Nc2ccccc2CO)CC1. The van der Waals surface area contributed by atoms with Gasteiger partial charge in [0.25, 0.3) is 0 Å². The first-order chi connectivity index (χ1) is 10.6. The summed E-state index contributed by atoms with van der Waals surface area (Å²) in [7, 11) is 0. The van der Waals surface area contributed by atoms with Crippen molar-refractivity contribution in [1.29, 1.82) is 0 Å². The quantitative estimate of drug-likeness (QED) is 0.878. The van der Waals surface area contributed by atoms with E-state index < -0.39 is 0 Å². The average molecular weight is 306 g/mol. The summed E-state index contributed by atoms with van der Waals surface area (Å²) in [5, 5.41) is 12.8. The van der Waals surface area contributed by atoms with Gasteiger partial charge in [-0.3, -0.25) is 0 Å². The molecule has 1 fully saturated rings. The van der Waals surface area contributed by atoms with Gasteiger partial charge in [0.15, 0.2) is 0 Å². The molecule has 1 amide bonds. The lowest BCUT2D eigenvalue weighted by atomic mass is 10.0. The largest absolute Gasteiger partial charge is 0.449 e. The monoisotopic (exact) mass is 306 g/mol. The lowest BCUT2D eigenvalue weighted by molar-refractivity contribution is 0.0845. The van der Waals surface area contributed by atoms with Crippen LogP contribution < -0.4 is 5.32 Å². The maximum Gasteiger partial charge on any atom is 0.409 e. The van der Waals surface area contributed by atoms with Gasteiger partial charge in [-0.15, -0.1) is 0 Å². The van der Waals surface area contributed by atoms with Gasteiger partial charge < -0.3 is 20.1 Å². The molecule has 1 aliphatic rings. The Balaban J connectivity index is 1.81. The Morgan fingerprint density at radius 1 is 1.36 bits per heavy atom. The lowest BCUT2D eigenvalue weighted by Gasteiger charge is -2.32. The van der Waals surface area contributed by atoms with Crippen LogP contribution in [0.25, 0.3) is 0 Å². The van der Waals surface area contributed by atoms with E-state index in [2.05, 4.69) is 5.32 Å². The molecule has 0 aromatic heterocycles. The van der Waals surface area contributed by atoms with Crippen LogP contribution in [-0.2, 0) is 11.3 Å². The molecule has 5 nitrogen and oxygen atoms in total.